The molecular formula is C14H14N2O6S2. The maximum Gasteiger partial charge on any atom is 0.274 e. The highest BCUT2D eigenvalue weighted by molar-refractivity contribution is 7.91. The summed E-state index contributed by atoms with van der Waals surface area (Å²) in [4.78, 5) is 11.5. The van der Waals surface area contributed by atoms with Crippen molar-refractivity contribution in [2.45, 2.75) is 9.79 Å². The van der Waals surface area contributed by atoms with Crippen LogP contribution >= 0.6 is 0 Å². The first-order valence-corrected chi connectivity index (χ1v) is 9.63. The Kier molecular flexibility index (Phi) is 4.92. The van der Waals surface area contributed by atoms with Gasteiger partial charge in [0.15, 0.2) is 5.75 Å². The molecule has 2 aromatic rings. The Morgan fingerprint density at radius 2 is 1.38 bits per heavy atom. The van der Waals surface area contributed by atoms with Gasteiger partial charge in [-0.2, -0.15) is 8.42 Å². The summed E-state index contributed by atoms with van der Waals surface area (Å²) in [5.74, 6) is -2.02. The van der Waals surface area contributed by atoms with Crippen LogP contribution in [0.4, 0.5) is 11.4 Å². The van der Waals surface area contributed by atoms with Crippen LogP contribution in [-0.4, -0.2) is 33.0 Å². The second-order valence-corrected chi connectivity index (χ2v) is 8.27. The number of carbonyl (C=O) groups is 1. The van der Waals surface area contributed by atoms with Crippen LogP contribution in [0.2, 0.25) is 0 Å². The molecule has 0 spiro atoms. The number of nitrogens with two attached hydrogens (primary N) is 1. The predicted molar refractivity (Wildman–Crippen MR) is 87.8 cm³/mol. The Hall–Kier alpha value is -2.43. The second-order valence-electron chi connectivity index (χ2n) is 4.87. The highest BCUT2D eigenvalue weighted by atomic mass is 32.2. The lowest BCUT2D eigenvalue weighted by molar-refractivity contribution is -0.113. The minimum atomic E-state index is -4.43. The number of amides is 1. The van der Waals surface area contributed by atoms with Crippen molar-refractivity contribution in [2.24, 2.45) is 0 Å². The smallest absolute Gasteiger partial charge is 0.274 e. The van der Waals surface area contributed by atoms with Crippen LogP contribution < -0.4 is 11.1 Å². The molecule has 0 saturated heterocycles. The number of sulfone groups is 1. The molecule has 24 heavy (non-hydrogen) atoms. The number of nitrogens with one attached hydrogen (secondary N) is 1. The lowest BCUT2D eigenvalue weighted by Crippen LogP contribution is -2.22. The Bertz CT molecular complexity index is 949. The molecule has 10 heteroatoms. The number of hydrogen-bond donors (Lipinski definition) is 3. The Balaban J connectivity index is 2.20. The zero-order valence-corrected chi connectivity index (χ0v) is 13.8. The maximum absolute atomic E-state index is 12.4. The summed E-state index contributed by atoms with van der Waals surface area (Å²) in [6, 6.07) is 10.9. The molecule has 1 amide bonds. The predicted octanol–water partition coefficient (Wildman–Crippen LogP) is 0.928. The van der Waals surface area contributed by atoms with Crippen LogP contribution in [0.3, 0.4) is 0 Å². The van der Waals surface area contributed by atoms with Crippen LogP contribution in [0.15, 0.2) is 58.3 Å². The van der Waals surface area contributed by atoms with E-state index >= 15 is 0 Å². The lowest BCUT2D eigenvalue weighted by atomic mass is 10.3. The summed E-state index contributed by atoms with van der Waals surface area (Å²) < 4.78 is 54.6. The van der Waals surface area contributed by atoms with E-state index in [4.69, 9.17) is 10.3 Å². The van der Waals surface area contributed by atoms with Crippen LogP contribution in [0.1, 0.15) is 0 Å². The van der Waals surface area contributed by atoms with Crippen molar-refractivity contribution in [3.63, 3.8) is 0 Å². The van der Waals surface area contributed by atoms with Gasteiger partial charge in [0.2, 0.25) is 15.7 Å². The summed E-state index contributed by atoms with van der Waals surface area (Å²) in [6.45, 7) is 0. The zero-order chi connectivity index (χ0) is 18.0. The van der Waals surface area contributed by atoms with Gasteiger partial charge in [-0.05, 0) is 48.5 Å². The minimum absolute atomic E-state index is 0.0000464. The van der Waals surface area contributed by atoms with Crippen molar-refractivity contribution < 1.29 is 26.2 Å². The third-order valence-corrected chi connectivity index (χ3v) is 5.36. The first kappa shape index (κ1) is 17.9. The summed E-state index contributed by atoms with van der Waals surface area (Å²) in [5.41, 5.74) is 6.15. The molecule has 128 valence electrons. The SMILES string of the molecule is Nc1ccc(S(=O)(=O)c2ccc(NC(=O)CS(=O)(=O)O)cc2)cc1. The molecule has 0 unspecified atom stereocenters. The van der Waals surface area contributed by atoms with Gasteiger partial charge in [0.1, 0.15) is 0 Å². The Morgan fingerprint density at radius 3 is 1.83 bits per heavy atom. The van der Waals surface area contributed by atoms with Crippen LogP contribution in [0.25, 0.3) is 0 Å². The summed E-state index contributed by atoms with van der Waals surface area (Å²) >= 11 is 0. The van der Waals surface area contributed by atoms with Crippen molar-refractivity contribution in [3.8, 4) is 0 Å². The van der Waals surface area contributed by atoms with Gasteiger partial charge in [-0.25, -0.2) is 8.42 Å². The van der Waals surface area contributed by atoms with E-state index in [0.29, 0.717) is 5.69 Å². The summed E-state index contributed by atoms with van der Waals surface area (Å²) in [6.07, 6.45) is 0. The quantitative estimate of drug-likeness (QED) is 0.524. The molecule has 0 aliphatic heterocycles. The second kappa shape index (κ2) is 6.59. The Labute approximate surface area is 139 Å². The van der Waals surface area contributed by atoms with Crippen molar-refractivity contribution in [2.75, 3.05) is 16.8 Å². The van der Waals surface area contributed by atoms with Crippen LogP contribution in [0.5, 0.6) is 0 Å². The summed E-state index contributed by atoms with van der Waals surface area (Å²) in [7, 11) is -8.17. The number of benzene rings is 2. The topological polar surface area (TPSA) is 144 Å². The highest BCUT2D eigenvalue weighted by Gasteiger charge is 2.18. The monoisotopic (exact) mass is 370 g/mol. The molecule has 0 fully saturated rings. The number of hydrogen-bond acceptors (Lipinski definition) is 6. The van der Waals surface area contributed by atoms with Gasteiger partial charge in [-0.3, -0.25) is 9.35 Å². The van der Waals surface area contributed by atoms with Crippen LogP contribution in [0, 0.1) is 0 Å². The molecule has 0 aliphatic carbocycles. The third kappa shape index (κ3) is 4.54. The largest absolute Gasteiger partial charge is 0.399 e. The van der Waals surface area contributed by atoms with Gasteiger partial charge < -0.3 is 11.1 Å². The Morgan fingerprint density at radius 1 is 0.917 bits per heavy atom. The van der Waals surface area contributed by atoms with E-state index in [0.717, 1.165) is 0 Å². The minimum Gasteiger partial charge on any atom is -0.399 e. The molecule has 0 aliphatic rings. The van der Waals surface area contributed by atoms with E-state index in [9.17, 15) is 21.6 Å². The molecule has 4 N–H and O–H groups in total. The fourth-order valence-electron chi connectivity index (χ4n) is 1.86. The van der Waals surface area contributed by atoms with Crippen LogP contribution in [-0.2, 0) is 24.7 Å². The molecule has 0 heterocycles. The summed E-state index contributed by atoms with van der Waals surface area (Å²) in [5, 5.41) is 2.23. The average molecular weight is 370 g/mol. The number of anilines is 2. The van der Waals surface area contributed by atoms with Gasteiger partial charge in [0.05, 0.1) is 9.79 Å². The van der Waals surface area contributed by atoms with E-state index in [-0.39, 0.29) is 15.5 Å². The van der Waals surface area contributed by atoms with E-state index < -0.39 is 31.6 Å². The molecule has 0 radical (unpaired) electrons. The number of rotatable bonds is 5. The van der Waals surface area contributed by atoms with E-state index in [2.05, 4.69) is 5.32 Å². The van der Waals surface area contributed by atoms with Gasteiger partial charge in [0, 0.05) is 11.4 Å². The van der Waals surface area contributed by atoms with E-state index in [1.54, 1.807) is 0 Å². The fraction of sp³-hybridized carbons (Fsp3) is 0.0714. The van der Waals surface area contributed by atoms with Gasteiger partial charge >= 0.3 is 0 Å². The molecule has 0 aromatic heterocycles. The first-order chi connectivity index (χ1) is 11.1. The molecule has 0 atom stereocenters. The molecule has 2 rings (SSSR count). The van der Waals surface area contributed by atoms with Gasteiger partial charge in [-0.1, -0.05) is 0 Å². The molecule has 2 aromatic carbocycles. The van der Waals surface area contributed by atoms with Crippen molar-refractivity contribution >= 4 is 37.2 Å². The standard InChI is InChI=1S/C14H14N2O6S2/c15-10-1-5-12(6-2-10)24(21,22)13-7-3-11(4-8-13)16-14(17)9-23(18,19)20/h1-8H,9,15H2,(H,16,17)(H,18,19,20). The lowest BCUT2D eigenvalue weighted by Gasteiger charge is -2.07. The molecule has 0 saturated carbocycles. The normalized spacial score (nSPS) is 11.9. The van der Waals surface area contributed by atoms with Crippen molar-refractivity contribution in [1.29, 1.82) is 0 Å². The van der Waals surface area contributed by atoms with Crippen molar-refractivity contribution in [3.05, 3.63) is 48.5 Å². The molecule has 8 nitrogen and oxygen atoms in total. The third-order valence-electron chi connectivity index (χ3n) is 2.95. The van der Waals surface area contributed by atoms with E-state index in [1.165, 1.54) is 48.5 Å². The highest BCUT2D eigenvalue weighted by Crippen LogP contribution is 2.23. The fourth-order valence-corrected chi connectivity index (χ4v) is 3.53. The van der Waals surface area contributed by atoms with E-state index in [1.807, 2.05) is 0 Å². The maximum atomic E-state index is 12.4. The molecule has 0 bridgehead atoms. The van der Waals surface area contributed by atoms with Gasteiger partial charge in [-0.15, -0.1) is 0 Å². The van der Waals surface area contributed by atoms with Crippen molar-refractivity contribution in [1.82, 2.24) is 0 Å². The zero-order valence-electron chi connectivity index (χ0n) is 12.2. The number of carbonyl (C=O) groups excluding carboxylic acids is 1. The molecular weight excluding hydrogens is 356 g/mol. The number of nitrogen functional groups attached to an aromatic ring is 1. The average Bonchev–Trinajstić information content (AvgIpc) is 2.46. The first-order valence-electron chi connectivity index (χ1n) is 6.54. The van der Waals surface area contributed by atoms with Gasteiger partial charge in [0.25, 0.3) is 10.1 Å².